The lowest BCUT2D eigenvalue weighted by Crippen LogP contribution is -2.45. The number of rotatable bonds is 44. The molecule has 4 heteroatoms. The van der Waals surface area contributed by atoms with Gasteiger partial charge in [-0.05, 0) is 19.3 Å². The molecule has 0 radical (unpaired) electrons. The quantitative estimate of drug-likeness (QED) is 0.0431. The fourth-order valence-electron chi connectivity index (χ4n) is 7.59. The van der Waals surface area contributed by atoms with E-state index in [0.29, 0.717) is 6.42 Å². The zero-order valence-corrected chi connectivity index (χ0v) is 35.6. The fourth-order valence-corrected chi connectivity index (χ4v) is 7.59. The Morgan fingerprint density at radius 1 is 0.442 bits per heavy atom. The summed E-state index contributed by atoms with van der Waals surface area (Å²) in [5.74, 6) is -0.0593. The van der Waals surface area contributed by atoms with Gasteiger partial charge in [-0.1, -0.05) is 257 Å². The first-order chi connectivity index (χ1) is 25.7. The molecule has 0 saturated heterocycles. The van der Waals surface area contributed by atoms with Crippen molar-refractivity contribution in [1.29, 1.82) is 0 Å². The summed E-state index contributed by atoms with van der Waals surface area (Å²) in [4.78, 5) is 12.4. The molecular formula is C48H95NO3. The molecule has 0 aromatic heterocycles. The van der Waals surface area contributed by atoms with Gasteiger partial charge in [0.05, 0.1) is 18.8 Å². The van der Waals surface area contributed by atoms with E-state index in [-0.39, 0.29) is 12.5 Å². The van der Waals surface area contributed by atoms with Crippen LogP contribution in [-0.2, 0) is 4.79 Å². The van der Waals surface area contributed by atoms with E-state index in [9.17, 15) is 15.0 Å². The van der Waals surface area contributed by atoms with E-state index in [2.05, 4.69) is 19.2 Å². The number of allylic oxidation sites excluding steroid dienone is 1. The molecule has 0 spiro atoms. The highest BCUT2D eigenvalue weighted by molar-refractivity contribution is 5.76. The van der Waals surface area contributed by atoms with Gasteiger partial charge in [0.1, 0.15) is 0 Å². The van der Waals surface area contributed by atoms with Gasteiger partial charge in [0.2, 0.25) is 5.91 Å². The molecule has 0 fully saturated rings. The largest absolute Gasteiger partial charge is 0.394 e. The molecule has 4 nitrogen and oxygen atoms in total. The first-order valence-corrected chi connectivity index (χ1v) is 23.9. The van der Waals surface area contributed by atoms with Crippen LogP contribution in [0, 0.1) is 0 Å². The van der Waals surface area contributed by atoms with Crippen molar-refractivity contribution in [3.05, 3.63) is 12.2 Å². The second kappa shape index (κ2) is 44.5. The molecule has 0 aliphatic heterocycles. The summed E-state index contributed by atoms with van der Waals surface area (Å²) in [5, 5.41) is 23.0. The Bertz CT molecular complexity index is 710. The summed E-state index contributed by atoms with van der Waals surface area (Å²) in [6.45, 7) is 4.32. The second-order valence-corrected chi connectivity index (χ2v) is 16.5. The van der Waals surface area contributed by atoms with Crippen LogP contribution in [0.3, 0.4) is 0 Å². The maximum atomic E-state index is 12.4. The molecule has 52 heavy (non-hydrogen) atoms. The van der Waals surface area contributed by atoms with Crippen molar-refractivity contribution >= 4 is 5.91 Å². The summed E-state index contributed by atoms with van der Waals surface area (Å²) in [6.07, 6.45) is 56.3. The second-order valence-electron chi connectivity index (χ2n) is 16.5. The maximum Gasteiger partial charge on any atom is 0.220 e. The van der Waals surface area contributed by atoms with Crippen LogP contribution < -0.4 is 5.32 Å². The van der Waals surface area contributed by atoms with Crippen molar-refractivity contribution in [3.63, 3.8) is 0 Å². The number of carbonyl (C=O) groups is 1. The maximum absolute atomic E-state index is 12.4. The molecule has 0 heterocycles. The van der Waals surface area contributed by atoms with Gasteiger partial charge < -0.3 is 15.5 Å². The lowest BCUT2D eigenvalue weighted by atomic mass is 10.0. The molecule has 2 unspecified atom stereocenters. The van der Waals surface area contributed by atoms with Crippen LogP contribution in [0.1, 0.15) is 271 Å². The van der Waals surface area contributed by atoms with Gasteiger partial charge in [0.25, 0.3) is 0 Å². The third-order valence-corrected chi connectivity index (χ3v) is 11.3. The smallest absolute Gasteiger partial charge is 0.220 e. The Morgan fingerprint density at radius 3 is 1.00 bits per heavy atom. The number of nitrogens with one attached hydrogen (secondary N) is 1. The number of hydrogen-bond donors (Lipinski definition) is 3. The Labute approximate surface area is 327 Å². The lowest BCUT2D eigenvalue weighted by molar-refractivity contribution is -0.123. The molecule has 0 aromatic carbocycles. The first kappa shape index (κ1) is 51.1. The molecule has 1 amide bonds. The van der Waals surface area contributed by atoms with Crippen LogP contribution in [0.4, 0.5) is 0 Å². The number of carbonyl (C=O) groups excluding carboxylic acids is 1. The minimum atomic E-state index is -0.833. The molecule has 0 aliphatic carbocycles. The highest BCUT2D eigenvalue weighted by atomic mass is 16.3. The predicted octanol–water partition coefficient (Wildman–Crippen LogP) is 15.0. The van der Waals surface area contributed by atoms with E-state index in [1.54, 1.807) is 6.08 Å². The van der Waals surface area contributed by atoms with Crippen LogP contribution in [0.15, 0.2) is 12.2 Å². The number of amides is 1. The average molecular weight is 734 g/mol. The van der Waals surface area contributed by atoms with E-state index in [4.69, 9.17) is 0 Å². The first-order valence-electron chi connectivity index (χ1n) is 23.9. The predicted molar refractivity (Wildman–Crippen MR) is 230 cm³/mol. The van der Waals surface area contributed by atoms with Crippen molar-refractivity contribution in [3.8, 4) is 0 Å². The van der Waals surface area contributed by atoms with Crippen LogP contribution in [-0.4, -0.2) is 34.9 Å². The Morgan fingerprint density at radius 2 is 0.712 bits per heavy atom. The molecule has 0 aromatic rings. The zero-order valence-electron chi connectivity index (χ0n) is 35.6. The van der Waals surface area contributed by atoms with Crippen LogP contribution in [0.25, 0.3) is 0 Å². The van der Waals surface area contributed by atoms with E-state index >= 15 is 0 Å². The molecular weight excluding hydrogens is 639 g/mol. The van der Waals surface area contributed by atoms with Gasteiger partial charge in [-0.25, -0.2) is 0 Å². The summed E-state index contributed by atoms with van der Waals surface area (Å²) in [7, 11) is 0. The minimum Gasteiger partial charge on any atom is -0.394 e. The minimum absolute atomic E-state index is 0.0593. The van der Waals surface area contributed by atoms with Crippen molar-refractivity contribution in [2.24, 2.45) is 0 Å². The zero-order chi connectivity index (χ0) is 37.8. The van der Waals surface area contributed by atoms with Gasteiger partial charge in [-0.2, -0.15) is 0 Å². The van der Waals surface area contributed by atoms with Crippen molar-refractivity contribution in [2.75, 3.05) is 6.61 Å². The van der Waals surface area contributed by atoms with Crippen LogP contribution in [0.5, 0.6) is 0 Å². The summed E-state index contributed by atoms with van der Waals surface area (Å²) < 4.78 is 0. The summed E-state index contributed by atoms with van der Waals surface area (Å²) in [5.41, 5.74) is 0. The van der Waals surface area contributed by atoms with Gasteiger partial charge >= 0.3 is 0 Å². The fraction of sp³-hybridized carbons (Fsp3) is 0.938. The van der Waals surface area contributed by atoms with E-state index in [0.717, 1.165) is 25.7 Å². The molecule has 0 rings (SSSR count). The SMILES string of the molecule is CCCCCCCCCCCC/C=C/C(O)C(CO)NC(=O)CCCCCCCCCCCCCCCCCCCCCCCCCCCCCC. The Kier molecular flexibility index (Phi) is 43.8. The summed E-state index contributed by atoms with van der Waals surface area (Å²) >= 11 is 0. The standard InChI is InChI=1S/C48H95NO3/c1-3-5-7-9-11-13-15-17-18-19-20-21-22-23-24-25-26-27-28-29-30-31-32-34-36-38-40-42-44-48(52)49-46(45-50)47(51)43-41-39-37-35-33-16-14-12-10-8-6-4-2/h41,43,46-47,50-51H,3-40,42,44-45H2,1-2H3,(H,49,52)/b43-41+. The van der Waals surface area contributed by atoms with E-state index in [1.807, 2.05) is 6.08 Å². The summed E-state index contributed by atoms with van der Waals surface area (Å²) in [6, 6.07) is -0.616. The number of unbranched alkanes of at least 4 members (excludes halogenated alkanes) is 37. The Hall–Kier alpha value is -0.870. The molecule has 0 saturated carbocycles. The van der Waals surface area contributed by atoms with Gasteiger partial charge in [-0.15, -0.1) is 0 Å². The van der Waals surface area contributed by atoms with Crippen LogP contribution >= 0.6 is 0 Å². The van der Waals surface area contributed by atoms with Gasteiger partial charge in [-0.3, -0.25) is 4.79 Å². The van der Waals surface area contributed by atoms with Gasteiger partial charge in [0, 0.05) is 6.42 Å². The molecule has 3 N–H and O–H groups in total. The number of aliphatic hydroxyl groups excluding tert-OH is 2. The monoisotopic (exact) mass is 734 g/mol. The van der Waals surface area contributed by atoms with E-state index < -0.39 is 12.1 Å². The van der Waals surface area contributed by atoms with Gasteiger partial charge in [0.15, 0.2) is 0 Å². The lowest BCUT2D eigenvalue weighted by Gasteiger charge is -2.20. The third-order valence-electron chi connectivity index (χ3n) is 11.3. The normalized spacial score (nSPS) is 12.9. The van der Waals surface area contributed by atoms with E-state index in [1.165, 1.54) is 225 Å². The van der Waals surface area contributed by atoms with Crippen LogP contribution in [0.2, 0.25) is 0 Å². The highest BCUT2D eigenvalue weighted by Gasteiger charge is 2.18. The number of aliphatic hydroxyl groups is 2. The Balaban J connectivity index is 3.42. The average Bonchev–Trinajstić information content (AvgIpc) is 3.15. The third kappa shape index (κ3) is 40.3. The molecule has 2 atom stereocenters. The van der Waals surface area contributed by atoms with Crippen molar-refractivity contribution < 1.29 is 15.0 Å². The number of hydrogen-bond acceptors (Lipinski definition) is 3. The topological polar surface area (TPSA) is 69.6 Å². The molecule has 310 valence electrons. The van der Waals surface area contributed by atoms with Crippen molar-refractivity contribution in [2.45, 2.75) is 283 Å². The molecule has 0 aliphatic rings. The highest BCUT2D eigenvalue weighted by Crippen LogP contribution is 2.17. The molecule has 0 bridgehead atoms. The van der Waals surface area contributed by atoms with Crippen molar-refractivity contribution in [1.82, 2.24) is 5.32 Å².